The van der Waals surface area contributed by atoms with E-state index in [2.05, 4.69) is 0 Å². The number of ketones is 6. The van der Waals surface area contributed by atoms with Crippen molar-refractivity contribution < 1.29 is 88.1 Å². The van der Waals surface area contributed by atoms with Crippen molar-refractivity contribution in [2.24, 2.45) is 5.73 Å². The fraction of sp³-hybridized carbons (Fsp3) is 0.263. The first-order valence-corrected chi connectivity index (χ1v) is 25.3. The van der Waals surface area contributed by atoms with E-state index in [1.54, 1.807) is 54.6 Å². The second-order valence-electron chi connectivity index (χ2n) is 19.5. The van der Waals surface area contributed by atoms with Crippen LogP contribution in [-0.4, -0.2) is 110 Å². The Balaban J connectivity index is 0.000000172. The van der Waals surface area contributed by atoms with Gasteiger partial charge in [-0.05, 0) is 129 Å². The van der Waals surface area contributed by atoms with E-state index in [9.17, 15) is 69.4 Å². The van der Waals surface area contributed by atoms with Crippen LogP contribution in [0.1, 0.15) is 114 Å². The Morgan fingerprint density at radius 2 is 0.899 bits per heavy atom. The van der Waals surface area contributed by atoms with Gasteiger partial charge in [0, 0.05) is 60.8 Å². The lowest BCUT2D eigenvalue weighted by atomic mass is 9.64. The van der Waals surface area contributed by atoms with Gasteiger partial charge in [-0.25, -0.2) is 0 Å². The molecule has 22 heteroatoms. The van der Waals surface area contributed by atoms with E-state index in [1.165, 1.54) is 63.2 Å². The summed E-state index contributed by atoms with van der Waals surface area (Å²) >= 11 is 0. The highest BCUT2D eigenvalue weighted by Crippen LogP contribution is 2.40. The van der Waals surface area contributed by atoms with Crippen molar-refractivity contribution in [3.8, 4) is 51.7 Å². The summed E-state index contributed by atoms with van der Waals surface area (Å²) in [5.74, 6) is -2.37. The normalized spacial score (nSPS) is 15.8. The maximum absolute atomic E-state index is 12.6. The maximum atomic E-state index is 12.6. The van der Waals surface area contributed by atoms with Crippen LogP contribution in [0, 0.1) is 0 Å². The van der Waals surface area contributed by atoms with Crippen LogP contribution in [-0.2, 0) is 30.5 Å². The molecule has 9 rings (SSSR count). The summed E-state index contributed by atoms with van der Waals surface area (Å²) < 4.78 is 21.9. The lowest BCUT2D eigenvalue weighted by Gasteiger charge is -2.28. The van der Waals surface area contributed by atoms with E-state index in [0.29, 0.717) is 70.9 Å². The first kappa shape index (κ1) is 58.3. The number of para-hydroxylation sites is 3. The van der Waals surface area contributed by atoms with Crippen LogP contribution in [0.4, 0.5) is 0 Å². The van der Waals surface area contributed by atoms with Gasteiger partial charge in [-0.3, -0.25) is 28.8 Å². The van der Waals surface area contributed by atoms with Crippen LogP contribution in [0.15, 0.2) is 109 Å². The summed E-state index contributed by atoms with van der Waals surface area (Å²) in [6.07, 6.45) is 1.47. The molecule has 0 aromatic heterocycles. The largest absolute Gasteiger partial charge is 0.535 e. The molecule has 0 unspecified atom stereocenters. The van der Waals surface area contributed by atoms with Crippen molar-refractivity contribution in [3.05, 3.63) is 159 Å². The predicted molar refractivity (Wildman–Crippen MR) is 291 cm³/mol. The molecule has 0 fully saturated rings. The maximum Gasteiger partial charge on any atom is 0.526 e. The lowest BCUT2D eigenvalue weighted by molar-refractivity contribution is -0.118. The summed E-state index contributed by atoms with van der Waals surface area (Å²) in [4.78, 5) is 72.5. The summed E-state index contributed by atoms with van der Waals surface area (Å²) in [7, 11) is -3.57. The smallest absolute Gasteiger partial charge is 0.526 e. The molecule has 3 atom stereocenters. The number of ether oxygens (including phenoxy) is 1. The highest BCUT2D eigenvalue weighted by molar-refractivity contribution is 6.48. The molecule has 0 saturated carbocycles. The van der Waals surface area contributed by atoms with Crippen molar-refractivity contribution in [1.29, 1.82) is 0 Å². The average molecular weight is 1080 g/mol. The molecule has 79 heavy (non-hydrogen) atoms. The fourth-order valence-electron chi connectivity index (χ4n) is 9.47. The summed E-state index contributed by atoms with van der Waals surface area (Å²) in [6.45, 7) is 4.88. The Morgan fingerprint density at radius 3 is 1.29 bits per heavy atom. The quantitative estimate of drug-likeness (QED) is 0.0279. The number of hydrogen-bond acceptors (Lipinski definition) is 19. The first-order valence-electron chi connectivity index (χ1n) is 25.3. The summed E-state index contributed by atoms with van der Waals surface area (Å²) in [5, 5.41) is 78.5. The van der Waals surface area contributed by atoms with Gasteiger partial charge in [0.1, 0.15) is 29.6 Å². The minimum Gasteiger partial charge on any atom is -0.535 e. The summed E-state index contributed by atoms with van der Waals surface area (Å²) in [6, 6.07) is 28.1. The van der Waals surface area contributed by atoms with E-state index in [4.69, 9.17) is 24.4 Å². The molecule has 408 valence electrons. The van der Waals surface area contributed by atoms with Gasteiger partial charge < -0.3 is 65.0 Å². The first-order chi connectivity index (χ1) is 37.6. The average Bonchev–Trinajstić information content (AvgIpc) is 3.40. The molecule has 3 aliphatic heterocycles. The van der Waals surface area contributed by atoms with Crippen LogP contribution < -0.4 is 24.4 Å². The molecule has 6 aromatic carbocycles. The van der Waals surface area contributed by atoms with E-state index in [1.807, 2.05) is 12.1 Å². The Hall–Kier alpha value is -8.43. The molecule has 0 aliphatic carbocycles. The number of phenolic OH excluding ortho intramolecular Hbond substituents is 5. The number of rotatable bonds is 16. The number of fused-ring (bicyclic) bond motifs is 3. The van der Waals surface area contributed by atoms with Crippen LogP contribution in [0.25, 0.3) is 0 Å². The third kappa shape index (κ3) is 14.4. The number of phenols is 5. The molecule has 19 nitrogen and oxygen atoms in total. The van der Waals surface area contributed by atoms with Gasteiger partial charge in [0.25, 0.3) is 0 Å². The van der Waals surface area contributed by atoms with Gasteiger partial charge >= 0.3 is 21.4 Å². The number of carbonyl (C=O) groups excluding carboxylic acids is 6. The molecular weight excluding hydrogens is 1020 g/mol. The number of hydrogen-bond donors (Lipinski definition) is 9. The zero-order valence-corrected chi connectivity index (χ0v) is 43.5. The topological polar surface area (TPSA) is 327 Å². The van der Waals surface area contributed by atoms with Gasteiger partial charge in [-0.2, -0.15) is 0 Å². The van der Waals surface area contributed by atoms with Gasteiger partial charge in [0.2, 0.25) is 0 Å². The SMILES string of the molecule is CC(=O)c1cccc2c1OB(O)[C@@H](CC(=O)Cc1ccc(O)c(O)c1)C2.CC(=O)c1cccc2c1OB(O)[C@@H](CC(=O)c1ccc(O)c(O)c1)C2.CC(=O)c1cccc2c1OB(O)[C@@H](CC(=O)c1ccc(OCCN)c(O)c1)C2. The Bertz CT molecular complexity index is 3300. The number of aromatic hydroxyl groups is 5. The highest BCUT2D eigenvalue weighted by atomic mass is 16.5. The van der Waals surface area contributed by atoms with E-state index in [-0.39, 0.29) is 107 Å². The molecular formula is C57H58B3NO18. The van der Waals surface area contributed by atoms with E-state index >= 15 is 0 Å². The van der Waals surface area contributed by atoms with Crippen LogP contribution in [0.2, 0.25) is 17.5 Å². The Kier molecular flexibility index (Phi) is 19.0. The van der Waals surface area contributed by atoms with Crippen molar-refractivity contribution in [1.82, 2.24) is 0 Å². The second kappa shape index (κ2) is 25.8. The molecule has 0 spiro atoms. The van der Waals surface area contributed by atoms with Crippen LogP contribution >= 0.6 is 0 Å². The van der Waals surface area contributed by atoms with Crippen molar-refractivity contribution in [3.63, 3.8) is 0 Å². The van der Waals surface area contributed by atoms with Gasteiger partial charge in [0.15, 0.2) is 63.4 Å². The van der Waals surface area contributed by atoms with Gasteiger partial charge in [-0.15, -0.1) is 0 Å². The standard InChI is InChI=1S/C20H22BNO6.C19H19BO6.C18H17BO6/c1-12(23)16-4-2-3-14-9-15(21(26)28-20(14)16)11-17(24)13-5-6-19(18(25)10-13)27-8-7-22;1-11(21)16-4-2-3-13-9-14(20(25)26-19(13)16)10-15(22)7-12-5-6-17(23)18(24)8-12;1-10(20)14-4-2-3-12-7-13(19(24)25-18(12)14)9-16(22)11-5-6-15(21)17(23)8-11/h2-6,10,15,25-26H,7-9,11,22H2,1H3;2-6,8,14,23-25H,7,9-10H2,1H3;2-6,8,13,21,23-24H,7,9H2,1H3/t15-;14-;13-/m111/s1. The minimum absolute atomic E-state index is 0.00905. The highest BCUT2D eigenvalue weighted by Gasteiger charge is 2.40. The number of benzene rings is 6. The van der Waals surface area contributed by atoms with Crippen molar-refractivity contribution in [2.75, 3.05) is 13.2 Å². The second-order valence-corrected chi connectivity index (χ2v) is 19.5. The van der Waals surface area contributed by atoms with Crippen LogP contribution in [0.3, 0.4) is 0 Å². The fourth-order valence-corrected chi connectivity index (χ4v) is 9.47. The lowest BCUT2D eigenvalue weighted by Crippen LogP contribution is -2.36. The summed E-state index contributed by atoms with van der Waals surface area (Å²) in [5.41, 5.74) is 10.1. The minimum atomic E-state index is -1.21. The number of carbonyl (C=O) groups is 6. The van der Waals surface area contributed by atoms with Crippen molar-refractivity contribution in [2.45, 2.75) is 83.2 Å². The Morgan fingerprint density at radius 1 is 0.506 bits per heavy atom. The van der Waals surface area contributed by atoms with Gasteiger partial charge in [0.05, 0.1) is 16.7 Å². The predicted octanol–water partition coefficient (Wildman–Crippen LogP) is 6.64. The monoisotopic (exact) mass is 1080 g/mol. The molecule has 0 bridgehead atoms. The molecule has 6 aromatic rings. The number of Topliss-reactive ketones (excluding diaryl/α,β-unsaturated/α-hetero) is 6. The molecule has 10 N–H and O–H groups in total. The zero-order chi connectivity index (χ0) is 57.2. The zero-order valence-electron chi connectivity index (χ0n) is 43.5. The molecule has 3 heterocycles. The van der Waals surface area contributed by atoms with E-state index in [0.717, 1.165) is 16.7 Å². The molecule has 3 aliphatic rings. The Labute approximate surface area is 455 Å². The molecule has 0 amide bonds. The number of nitrogens with two attached hydrogens (primary N) is 1. The van der Waals surface area contributed by atoms with Gasteiger partial charge in [-0.1, -0.05) is 42.5 Å². The molecule has 0 radical (unpaired) electrons. The van der Waals surface area contributed by atoms with Crippen LogP contribution in [0.5, 0.6) is 51.7 Å². The third-order valence-corrected chi connectivity index (χ3v) is 13.6. The van der Waals surface area contributed by atoms with E-state index < -0.39 is 38.8 Å². The third-order valence-electron chi connectivity index (χ3n) is 13.6. The van der Waals surface area contributed by atoms with Crippen molar-refractivity contribution >= 4 is 56.1 Å². The molecule has 0 saturated heterocycles.